The summed E-state index contributed by atoms with van der Waals surface area (Å²) >= 11 is 0. The number of nitrogens with zero attached hydrogens (tertiary/aromatic N) is 1. The maximum atomic E-state index is 6.33. The summed E-state index contributed by atoms with van der Waals surface area (Å²) in [6.45, 7) is 7.57. The highest BCUT2D eigenvalue weighted by atomic mass is 16.5. The van der Waals surface area contributed by atoms with Crippen LogP contribution in [0.1, 0.15) is 57.3 Å². The molecule has 2 saturated carbocycles. The van der Waals surface area contributed by atoms with Gasteiger partial charge in [-0.3, -0.25) is 4.98 Å². The van der Waals surface area contributed by atoms with E-state index in [4.69, 9.17) is 4.74 Å². The Kier molecular flexibility index (Phi) is 4.48. The molecule has 2 unspecified atom stereocenters. The predicted octanol–water partition coefficient (Wildman–Crippen LogP) is 3.85. The number of hydrogen-bond acceptors (Lipinski definition) is 3. The van der Waals surface area contributed by atoms with Gasteiger partial charge in [-0.1, -0.05) is 13.8 Å². The van der Waals surface area contributed by atoms with Gasteiger partial charge in [0, 0.05) is 18.3 Å². The van der Waals surface area contributed by atoms with Crippen LogP contribution >= 0.6 is 0 Å². The van der Waals surface area contributed by atoms with Crippen molar-refractivity contribution >= 4 is 0 Å². The molecule has 0 radical (unpaired) electrons. The van der Waals surface area contributed by atoms with Crippen LogP contribution in [0.25, 0.3) is 0 Å². The zero-order valence-electron chi connectivity index (χ0n) is 13.6. The number of aromatic nitrogens is 1. The second-order valence-electron chi connectivity index (χ2n) is 7.21. The Morgan fingerprint density at radius 1 is 1.14 bits per heavy atom. The molecule has 1 N–H and O–H groups in total. The van der Waals surface area contributed by atoms with Crippen molar-refractivity contribution in [2.75, 3.05) is 0 Å². The molecular formula is C18H28N2O. The molecule has 2 aliphatic carbocycles. The van der Waals surface area contributed by atoms with Crippen LogP contribution in [0.4, 0.5) is 0 Å². The molecule has 116 valence electrons. The van der Waals surface area contributed by atoms with Crippen LogP contribution in [-0.4, -0.2) is 17.1 Å². The van der Waals surface area contributed by atoms with E-state index in [0.29, 0.717) is 12.1 Å². The van der Waals surface area contributed by atoms with Gasteiger partial charge >= 0.3 is 0 Å². The summed E-state index contributed by atoms with van der Waals surface area (Å²) in [5.74, 6) is 2.52. The van der Waals surface area contributed by atoms with Gasteiger partial charge in [-0.15, -0.1) is 0 Å². The van der Waals surface area contributed by atoms with Gasteiger partial charge in [-0.05, 0) is 63.0 Å². The Balaban J connectivity index is 1.67. The fourth-order valence-electron chi connectivity index (χ4n) is 3.51. The summed E-state index contributed by atoms with van der Waals surface area (Å²) < 4.78 is 6.33. The van der Waals surface area contributed by atoms with Gasteiger partial charge in [0.2, 0.25) is 0 Å². The number of ether oxygens (including phenoxy) is 1. The van der Waals surface area contributed by atoms with Crippen molar-refractivity contribution in [2.45, 2.75) is 71.6 Å². The largest absolute Gasteiger partial charge is 0.488 e. The number of hydrogen-bond donors (Lipinski definition) is 1. The lowest BCUT2D eigenvalue weighted by Gasteiger charge is -2.32. The summed E-state index contributed by atoms with van der Waals surface area (Å²) in [7, 11) is 0. The fourth-order valence-corrected chi connectivity index (χ4v) is 3.51. The molecule has 3 heteroatoms. The van der Waals surface area contributed by atoms with E-state index in [2.05, 4.69) is 43.2 Å². The van der Waals surface area contributed by atoms with Gasteiger partial charge in [0.25, 0.3) is 0 Å². The van der Waals surface area contributed by atoms with E-state index in [9.17, 15) is 0 Å². The van der Waals surface area contributed by atoms with Crippen molar-refractivity contribution in [1.29, 1.82) is 0 Å². The SMILES string of the molecule is Cc1ccc(OC2CC(C)CC(C)C2)c(CNC2CC2)n1. The molecule has 0 aliphatic heterocycles. The molecule has 0 amide bonds. The molecule has 1 heterocycles. The Morgan fingerprint density at radius 2 is 1.86 bits per heavy atom. The molecule has 2 aliphatic rings. The zero-order valence-corrected chi connectivity index (χ0v) is 13.6. The van der Waals surface area contributed by atoms with Crippen molar-refractivity contribution in [3.63, 3.8) is 0 Å². The first-order chi connectivity index (χ1) is 10.1. The molecule has 0 aromatic carbocycles. The lowest BCUT2D eigenvalue weighted by molar-refractivity contribution is 0.0994. The van der Waals surface area contributed by atoms with Gasteiger partial charge in [-0.2, -0.15) is 0 Å². The summed E-state index contributed by atoms with van der Waals surface area (Å²) in [5.41, 5.74) is 2.15. The maximum Gasteiger partial charge on any atom is 0.142 e. The monoisotopic (exact) mass is 288 g/mol. The molecular weight excluding hydrogens is 260 g/mol. The van der Waals surface area contributed by atoms with Crippen LogP contribution in [0.3, 0.4) is 0 Å². The van der Waals surface area contributed by atoms with E-state index >= 15 is 0 Å². The van der Waals surface area contributed by atoms with Gasteiger partial charge in [-0.25, -0.2) is 0 Å². The van der Waals surface area contributed by atoms with Crippen LogP contribution in [0, 0.1) is 18.8 Å². The smallest absolute Gasteiger partial charge is 0.142 e. The number of nitrogens with one attached hydrogen (secondary N) is 1. The molecule has 1 aromatic heterocycles. The Morgan fingerprint density at radius 3 is 2.52 bits per heavy atom. The average molecular weight is 288 g/mol. The van der Waals surface area contributed by atoms with Crippen molar-refractivity contribution in [3.8, 4) is 5.75 Å². The molecule has 0 bridgehead atoms. The third-order valence-corrected chi connectivity index (χ3v) is 4.64. The number of rotatable bonds is 5. The average Bonchev–Trinajstić information content (AvgIpc) is 3.22. The summed E-state index contributed by atoms with van der Waals surface area (Å²) in [6, 6.07) is 4.87. The van der Waals surface area contributed by atoms with Crippen molar-refractivity contribution < 1.29 is 4.74 Å². The molecule has 1 aromatic rings. The normalized spacial score (nSPS) is 29.4. The molecule has 2 atom stereocenters. The third kappa shape index (κ3) is 4.19. The Bertz CT molecular complexity index is 474. The van der Waals surface area contributed by atoms with E-state index in [-0.39, 0.29) is 0 Å². The summed E-state index contributed by atoms with van der Waals surface area (Å²) in [6.07, 6.45) is 6.65. The van der Waals surface area contributed by atoms with Crippen molar-refractivity contribution in [3.05, 3.63) is 23.5 Å². The minimum absolute atomic E-state index is 0.355. The van der Waals surface area contributed by atoms with E-state index in [1.54, 1.807) is 0 Å². The lowest BCUT2D eigenvalue weighted by atomic mass is 9.82. The second-order valence-corrected chi connectivity index (χ2v) is 7.21. The molecule has 0 saturated heterocycles. The first-order valence-electron chi connectivity index (χ1n) is 8.46. The molecule has 0 spiro atoms. The Labute approximate surface area is 128 Å². The van der Waals surface area contributed by atoms with E-state index in [1.165, 1.54) is 32.1 Å². The van der Waals surface area contributed by atoms with Crippen molar-refractivity contribution in [2.24, 2.45) is 11.8 Å². The molecule has 3 rings (SSSR count). The zero-order chi connectivity index (χ0) is 14.8. The van der Waals surface area contributed by atoms with Gasteiger partial charge in [0.1, 0.15) is 5.75 Å². The first-order valence-corrected chi connectivity index (χ1v) is 8.46. The minimum Gasteiger partial charge on any atom is -0.488 e. The Hall–Kier alpha value is -1.09. The van der Waals surface area contributed by atoms with Gasteiger partial charge in [0.05, 0.1) is 11.8 Å². The van der Waals surface area contributed by atoms with Crippen LogP contribution in [0.15, 0.2) is 12.1 Å². The highest BCUT2D eigenvalue weighted by molar-refractivity contribution is 5.29. The minimum atomic E-state index is 0.355. The highest BCUT2D eigenvalue weighted by Crippen LogP contribution is 2.32. The van der Waals surface area contributed by atoms with Gasteiger partial charge < -0.3 is 10.1 Å². The summed E-state index contributed by atoms with van der Waals surface area (Å²) in [5, 5.41) is 3.55. The van der Waals surface area contributed by atoms with E-state index in [0.717, 1.165) is 35.5 Å². The maximum absolute atomic E-state index is 6.33. The number of aryl methyl sites for hydroxylation is 1. The third-order valence-electron chi connectivity index (χ3n) is 4.64. The fraction of sp³-hybridized carbons (Fsp3) is 0.722. The quantitative estimate of drug-likeness (QED) is 0.893. The highest BCUT2D eigenvalue weighted by Gasteiger charge is 2.26. The van der Waals surface area contributed by atoms with E-state index < -0.39 is 0 Å². The predicted molar refractivity (Wildman–Crippen MR) is 85.4 cm³/mol. The van der Waals surface area contributed by atoms with E-state index in [1.807, 2.05) is 0 Å². The molecule has 21 heavy (non-hydrogen) atoms. The standard InChI is InChI=1S/C18H28N2O/c1-12-8-13(2)10-16(9-12)21-18-7-4-14(3)20-17(18)11-19-15-5-6-15/h4,7,12-13,15-16,19H,5-6,8-11H2,1-3H3. The first kappa shape index (κ1) is 14.8. The van der Waals surface area contributed by atoms with Gasteiger partial charge in [0.15, 0.2) is 0 Å². The molecule has 2 fully saturated rings. The number of pyridine rings is 1. The summed E-state index contributed by atoms with van der Waals surface area (Å²) in [4.78, 5) is 4.69. The molecule has 3 nitrogen and oxygen atoms in total. The van der Waals surface area contributed by atoms with Crippen LogP contribution < -0.4 is 10.1 Å². The topological polar surface area (TPSA) is 34.1 Å². The van der Waals surface area contributed by atoms with Crippen LogP contribution in [0.5, 0.6) is 5.75 Å². The van der Waals surface area contributed by atoms with Crippen molar-refractivity contribution in [1.82, 2.24) is 10.3 Å². The van der Waals surface area contributed by atoms with Crippen LogP contribution in [-0.2, 0) is 6.54 Å². The lowest BCUT2D eigenvalue weighted by Crippen LogP contribution is -2.29. The van der Waals surface area contributed by atoms with Crippen LogP contribution in [0.2, 0.25) is 0 Å². The second kappa shape index (κ2) is 6.35.